The van der Waals surface area contributed by atoms with Crippen molar-refractivity contribution in [2.45, 2.75) is 63.7 Å². The van der Waals surface area contributed by atoms with E-state index in [0.717, 1.165) is 45.9 Å². The van der Waals surface area contributed by atoms with Gasteiger partial charge in [0.15, 0.2) is 0 Å². The third kappa shape index (κ3) is 6.89. The van der Waals surface area contributed by atoms with Gasteiger partial charge in [-0.15, -0.1) is 0 Å². The van der Waals surface area contributed by atoms with Crippen molar-refractivity contribution >= 4 is 45.5 Å². The standard InChI is InChI=1S/C32H38N6O5/c1-18(2)28(38-29(39)25-12-7-13-33-25)31(41)36-26(14-19-16-34-23-10-5-3-8-21(19)23)30(40)37-27(32(42)43)15-20-17-35-24-11-6-4-9-22(20)24/h3-6,8-11,16-18,25-28,33-35H,7,12-15H2,1-2H3,(H,36,41)(H,37,40)(H,38,39)(H,42,43). The molecule has 1 fully saturated rings. The largest absolute Gasteiger partial charge is 0.480 e. The molecule has 43 heavy (non-hydrogen) atoms. The lowest BCUT2D eigenvalue weighted by atomic mass is 9.99. The Balaban J connectivity index is 1.37. The fourth-order valence-corrected chi connectivity index (χ4v) is 5.68. The van der Waals surface area contributed by atoms with E-state index >= 15 is 0 Å². The fourth-order valence-electron chi connectivity index (χ4n) is 5.68. The molecule has 4 unspecified atom stereocenters. The number of carboxylic acids is 1. The van der Waals surface area contributed by atoms with E-state index in [4.69, 9.17) is 0 Å². The molecule has 7 N–H and O–H groups in total. The highest BCUT2D eigenvalue weighted by Crippen LogP contribution is 2.21. The van der Waals surface area contributed by atoms with E-state index in [1.807, 2.05) is 62.4 Å². The minimum atomic E-state index is -1.23. The number of hydrogen-bond donors (Lipinski definition) is 7. The topological polar surface area (TPSA) is 168 Å². The number of amides is 3. The molecule has 11 heteroatoms. The molecular formula is C32H38N6O5. The first kappa shape index (κ1) is 29.8. The van der Waals surface area contributed by atoms with Gasteiger partial charge in [-0.2, -0.15) is 0 Å². The summed E-state index contributed by atoms with van der Waals surface area (Å²) in [6, 6.07) is 11.6. The van der Waals surface area contributed by atoms with Crippen molar-refractivity contribution in [3.05, 3.63) is 72.1 Å². The molecule has 0 aliphatic carbocycles. The number of carbonyl (C=O) groups excluding carboxylic acids is 3. The molecule has 0 bridgehead atoms. The van der Waals surface area contributed by atoms with Gasteiger partial charge in [-0.3, -0.25) is 14.4 Å². The lowest BCUT2D eigenvalue weighted by molar-refractivity contribution is -0.142. The fraction of sp³-hybridized carbons (Fsp3) is 0.375. The Bertz CT molecular complexity index is 1620. The number of nitrogens with one attached hydrogen (secondary N) is 6. The average Bonchev–Trinajstić information content (AvgIpc) is 3.76. The van der Waals surface area contributed by atoms with Crippen molar-refractivity contribution in [2.75, 3.05) is 6.54 Å². The van der Waals surface area contributed by atoms with Crippen molar-refractivity contribution in [2.24, 2.45) is 5.92 Å². The minimum Gasteiger partial charge on any atom is -0.480 e. The zero-order chi connectivity index (χ0) is 30.5. The van der Waals surface area contributed by atoms with Gasteiger partial charge in [-0.25, -0.2) is 4.79 Å². The first-order valence-corrected chi connectivity index (χ1v) is 14.7. The summed E-state index contributed by atoms with van der Waals surface area (Å²) in [5, 5.41) is 23.3. The maximum absolute atomic E-state index is 13.8. The number of H-pyrrole nitrogens is 2. The molecule has 3 heterocycles. The molecule has 2 aromatic heterocycles. The molecule has 3 amide bonds. The zero-order valence-electron chi connectivity index (χ0n) is 24.3. The van der Waals surface area contributed by atoms with Gasteiger partial charge in [0.05, 0.1) is 6.04 Å². The molecule has 0 spiro atoms. The molecule has 1 aliphatic rings. The van der Waals surface area contributed by atoms with E-state index in [-0.39, 0.29) is 30.7 Å². The number of aliphatic carboxylic acids is 1. The SMILES string of the molecule is CC(C)C(NC(=O)C1CCCN1)C(=O)NC(Cc1c[nH]c2ccccc12)C(=O)NC(Cc1c[nH]c2ccccc12)C(=O)O. The van der Waals surface area contributed by atoms with Crippen LogP contribution >= 0.6 is 0 Å². The Kier molecular flexibility index (Phi) is 9.10. The van der Waals surface area contributed by atoms with E-state index in [9.17, 15) is 24.3 Å². The Labute approximate surface area is 249 Å². The van der Waals surface area contributed by atoms with Crippen molar-refractivity contribution in [3.8, 4) is 0 Å². The molecule has 0 radical (unpaired) electrons. The molecule has 226 valence electrons. The summed E-state index contributed by atoms with van der Waals surface area (Å²) in [6.45, 7) is 4.39. The summed E-state index contributed by atoms with van der Waals surface area (Å²) in [4.78, 5) is 58.9. The molecule has 11 nitrogen and oxygen atoms in total. The second kappa shape index (κ2) is 13.1. The molecule has 0 saturated carbocycles. The highest BCUT2D eigenvalue weighted by molar-refractivity contribution is 5.95. The molecule has 2 aromatic carbocycles. The smallest absolute Gasteiger partial charge is 0.326 e. The number of aromatic amines is 2. The van der Waals surface area contributed by atoms with Crippen LogP contribution in [0.25, 0.3) is 21.8 Å². The second-order valence-corrected chi connectivity index (χ2v) is 11.5. The van der Waals surface area contributed by atoms with E-state index in [2.05, 4.69) is 31.2 Å². The van der Waals surface area contributed by atoms with Crippen LogP contribution in [0.2, 0.25) is 0 Å². The Morgan fingerprint density at radius 2 is 1.37 bits per heavy atom. The quantitative estimate of drug-likeness (QED) is 0.135. The highest BCUT2D eigenvalue weighted by atomic mass is 16.4. The number of para-hydroxylation sites is 2. The summed E-state index contributed by atoms with van der Waals surface area (Å²) in [5.41, 5.74) is 3.29. The van der Waals surface area contributed by atoms with Gasteiger partial charge in [0, 0.05) is 47.0 Å². The van der Waals surface area contributed by atoms with Crippen LogP contribution < -0.4 is 21.3 Å². The van der Waals surface area contributed by atoms with Gasteiger partial charge in [0.1, 0.15) is 18.1 Å². The van der Waals surface area contributed by atoms with Crippen LogP contribution in [0.5, 0.6) is 0 Å². The van der Waals surface area contributed by atoms with Crippen LogP contribution in [-0.2, 0) is 32.0 Å². The van der Waals surface area contributed by atoms with Crippen molar-refractivity contribution in [3.63, 3.8) is 0 Å². The van der Waals surface area contributed by atoms with Crippen LogP contribution in [0.4, 0.5) is 0 Å². The number of aromatic nitrogens is 2. The molecule has 1 aliphatic heterocycles. The number of fused-ring (bicyclic) bond motifs is 2. The molecular weight excluding hydrogens is 548 g/mol. The monoisotopic (exact) mass is 586 g/mol. The number of carboxylic acid groups (broad SMARTS) is 1. The lowest BCUT2D eigenvalue weighted by Gasteiger charge is -2.27. The number of rotatable bonds is 12. The summed E-state index contributed by atoms with van der Waals surface area (Å²) in [5.74, 6) is -2.83. The van der Waals surface area contributed by atoms with Crippen LogP contribution in [0, 0.1) is 5.92 Å². The Morgan fingerprint density at radius 1 is 0.814 bits per heavy atom. The predicted molar refractivity (Wildman–Crippen MR) is 163 cm³/mol. The van der Waals surface area contributed by atoms with E-state index in [1.54, 1.807) is 12.4 Å². The third-order valence-electron chi connectivity index (χ3n) is 8.07. The van der Waals surface area contributed by atoms with E-state index < -0.39 is 35.9 Å². The zero-order valence-corrected chi connectivity index (χ0v) is 24.3. The van der Waals surface area contributed by atoms with Crippen LogP contribution in [0.15, 0.2) is 60.9 Å². The molecule has 1 saturated heterocycles. The Hall–Kier alpha value is -4.64. The summed E-state index contributed by atoms with van der Waals surface area (Å²) >= 11 is 0. The van der Waals surface area contributed by atoms with Crippen molar-refractivity contribution < 1.29 is 24.3 Å². The number of benzene rings is 2. The van der Waals surface area contributed by atoms with Crippen LogP contribution in [-0.4, -0.2) is 69.5 Å². The predicted octanol–water partition coefficient (Wildman–Crippen LogP) is 2.38. The van der Waals surface area contributed by atoms with Gasteiger partial charge in [0.25, 0.3) is 0 Å². The Morgan fingerprint density at radius 3 is 1.91 bits per heavy atom. The molecule has 4 atom stereocenters. The van der Waals surface area contributed by atoms with Crippen molar-refractivity contribution in [1.29, 1.82) is 0 Å². The maximum Gasteiger partial charge on any atom is 0.326 e. The van der Waals surface area contributed by atoms with Crippen LogP contribution in [0.1, 0.15) is 37.8 Å². The minimum absolute atomic E-state index is 0.0535. The molecule has 5 rings (SSSR count). The van der Waals surface area contributed by atoms with Gasteiger partial charge in [-0.05, 0) is 48.6 Å². The second-order valence-electron chi connectivity index (χ2n) is 11.5. The van der Waals surface area contributed by atoms with Crippen molar-refractivity contribution in [1.82, 2.24) is 31.2 Å². The summed E-state index contributed by atoms with van der Waals surface area (Å²) in [6.07, 6.45) is 5.27. The van der Waals surface area contributed by atoms with E-state index in [0.29, 0.717) is 6.42 Å². The summed E-state index contributed by atoms with van der Waals surface area (Å²) in [7, 11) is 0. The maximum atomic E-state index is 13.8. The number of hydrogen-bond acceptors (Lipinski definition) is 5. The summed E-state index contributed by atoms with van der Waals surface area (Å²) < 4.78 is 0. The van der Waals surface area contributed by atoms with Gasteiger partial charge in [0.2, 0.25) is 17.7 Å². The highest BCUT2D eigenvalue weighted by Gasteiger charge is 2.33. The lowest BCUT2D eigenvalue weighted by Crippen LogP contribution is -2.59. The first-order valence-electron chi connectivity index (χ1n) is 14.7. The molecule has 4 aromatic rings. The van der Waals surface area contributed by atoms with Gasteiger partial charge in [-0.1, -0.05) is 50.2 Å². The third-order valence-corrected chi connectivity index (χ3v) is 8.07. The average molecular weight is 587 g/mol. The normalized spacial score (nSPS) is 17.0. The van der Waals surface area contributed by atoms with Gasteiger partial charge >= 0.3 is 5.97 Å². The van der Waals surface area contributed by atoms with Gasteiger partial charge < -0.3 is 36.3 Å². The van der Waals surface area contributed by atoms with E-state index in [1.165, 1.54) is 0 Å². The number of carbonyl (C=O) groups is 4. The van der Waals surface area contributed by atoms with Crippen LogP contribution in [0.3, 0.4) is 0 Å². The first-order chi connectivity index (χ1) is 20.7.